The highest BCUT2D eigenvalue weighted by Gasteiger charge is 2.34. The van der Waals surface area contributed by atoms with E-state index in [0.29, 0.717) is 19.5 Å². The van der Waals surface area contributed by atoms with Gasteiger partial charge in [-0.2, -0.15) is 0 Å². The topological polar surface area (TPSA) is 52.7 Å². The van der Waals surface area contributed by atoms with Gasteiger partial charge in [-0.1, -0.05) is 30.3 Å². The first-order chi connectivity index (χ1) is 10.5. The third-order valence-corrected chi connectivity index (χ3v) is 3.94. The standard InChI is InChI=1S/C17H25N3O2/c1-13(2)19-9-10-20(17(19)22)16(21)11-14(3)18-12-15-7-5-4-6-8-15/h4-8,13-14,18H,9-12H2,1-3H3. The summed E-state index contributed by atoms with van der Waals surface area (Å²) in [6, 6.07) is 10.1. The van der Waals surface area contributed by atoms with Gasteiger partial charge < -0.3 is 10.2 Å². The Morgan fingerprint density at radius 2 is 1.86 bits per heavy atom. The van der Waals surface area contributed by atoms with Crippen molar-refractivity contribution >= 4 is 11.9 Å². The smallest absolute Gasteiger partial charge is 0.320 e. The van der Waals surface area contributed by atoms with E-state index < -0.39 is 0 Å². The maximum absolute atomic E-state index is 12.3. The van der Waals surface area contributed by atoms with Gasteiger partial charge in [-0.05, 0) is 26.3 Å². The number of amides is 3. The van der Waals surface area contributed by atoms with E-state index in [9.17, 15) is 9.59 Å². The number of nitrogens with zero attached hydrogens (tertiary/aromatic N) is 2. The Balaban J connectivity index is 1.80. The minimum absolute atomic E-state index is 0.0357. The van der Waals surface area contributed by atoms with Crippen molar-refractivity contribution in [3.05, 3.63) is 35.9 Å². The SMILES string of the molecule is CC(CC(=O)N1CCN(C(C)C)C1=O)NCc1ccccc1. The number of nitrogens with one attached hydrogen (secondary N) is 1. The molecule has 2 rings (SSSR count). The monoisotopic (exact) mass is 303 g/mol. The molecule has 0 spiro atoms. The number of rotatable bonds is 6. The van der Waals surface area contributed by atoms with E-state index in [-0.39, 0.29) is 24.0 Å². The summed E-state index contributed by atoms with van der Waals surface area (Å²) < 4.78 is 0. The Labute approximate surface area is 132 Å². The molecule has 120 valence electrons. The van der Waals surface area contributed by atoms with Gasteiger partial charge in [-0.15, -0.1) is 0 Å². The van der Waals surface area contributed by atoms with Crippen LogP contribution < -0.4 is 5.32 Å². The van der Waals surface area contributed by atoms with Gasteiger partial charge in [0.15, 0.2) is 0 Å². The summed E-state index contributed by atoms with van der Waals surface area (Å²) in [6.07, 6.45) is 0.338. The molecule has 0 bridgehead atoms. The highest BCUT2D eigenvalue weighted by atomic mass is 16.2. The summed E-state index contributed by atoms with van der Waals surface area (Å²) >= 11 is 0. The van der Waals surface area contributed by atoms with Crippen LogP contribution in [0.2, 0.25) is 0 Å². The first-order valence-corrected chi connectivity index (χ1v) is 7.87. The largest absolute Gasteiger partial charge is 0.327 e. The highest BCUT2D eigenvalue weighted by Crippen LogP contribution is 2.14. The molecule has 3 amide bonds. The fourth-order valence-corrected chi connectivity index (χ4v) is 2.60. The quantitative estimate of drug-likeness (QED) is 0.877. The lowest BCUT2D eigenvalue weighted by Gasteiger charge is -2.22. The Bertz CT molecular complexity index is 516. The molecule has 1 aromatic rings. The Morgan fingerprint density at radius 3 is 2.45 bits per heavy atom. The van der Waals surface area contributed by atoms with Gasteiger partial charge in [-0.25, -0.2) is 4.79 Å². The van der Waals surface area contributed by atoms with Crippen LogP contribution in [0.1, 0.15) is 32.8 Å². The highest BCUT2D eigenvalue weighted by molar-refractivity contribution is 5.96. The number of carbonyl (C=O) groups is 2. The van der Waals surface area contributed by atoms with Crippen molar-refractivity contribution in [2.75, 3.05) is 13.1 Å². The Kier molecular flexibility index (Phi) is 5.55. The molecule has 1 aromatic carbocycles. The van der Waals surface area contributed by atoms with Gasteiger partial charge >= 0.3 is 6.03 Å². The van der Waals surface area contributed by atoms with Gasteiger partial charge in [0.25, 0.3) is 0 Å². The van der Waals surface area contributed by atoms with Crippen molar-refractivity contribution in [1.82, 2.24) is 15.1 Å². The predicted molar refractivity (Wildman–Crippen MR) is 86.3 cm³/mol. The molecule has 1 fully saturated rings. The molecule has 1 N–H and O–H groups in total. The first kappa shape index (κ1) is 16.5. The summed E-state index contributed by atoms with van der Waals surface area (Å²) in [5.74, 6) is -0.0961. The van der Waals surface area contributed by atoms with Crippen LogP contribution in [0.25, 0.3) is 0 Å². The van der Waals surface area contributed by atoms with Crippen LogP contribution in [-0.2, 0) is 11.3 Å². The summed E-state index contributed by atoms with van der Waals surface area (Å²) in [7, 11) is 0. The predicted octanol–water partition coefficient (Wildman–Crippen LogP) is 2.23. The Morgan fingerprint density at radius 1 is 1.18 bits per heavy atom. The van der Waals surface area contributed by atoms with Crippen LogP contribution in [0.5, 0.6) is 0 Å². The molecular weight excluding hydrogens is 278 g/mol. The van der Waals surface area contributed by atoms with Crippen molar-refractivity contribution in [3.63, 3.8) is 0 Å². The van der Waals surface area contributed by atoms with Gasteiger partial charge in [0.1, 0.15) is 0 Å². The molecule has 1 unspecified atom stereocenters. The molecule has 0 saturated carbocycles. The fourth-order valence-electron chi connectivity index (χ4n) is 2.60. The number of hydrogen-bond acceptors (Lipinski definition) is 3. The Hall–Kier alpha value is -1.88. The third kappa shape index (κ3) is 4.07. The van der Waals surface area contributed by atoms with Crippen LogP contribution in [0.15, 0.2) is 30.3 Å². The molecule has 0 aliphatic carbocycles. The fraction of sp³-hybridized carbons (Fsp3) is 0.529. The van der Waals surface area contributed by atoms with E-state index in [1.807, 2.05) is 51.1 Å². The van der Waals surface area contributed by atoms with Crippen LogP contribution in [0.4, 0.5) is 4.79 Å². The number of hydrogen-bond donors (Lipinski definition) is 1. The van der Waals surface area contributed by atoms with E-state index in [0.717, 1.165) is 6.54 Å². The van der Waals surface area contributed by atoms with E-state index in [1.165, 1.54) is 10.5 Å². The molecular formula is C17H25N3O2. The van der Waals surface area contributed by atoms with E-state index >= 15 is 0 Å². The lowest BCUT2D eigenvalue weighted by Crippen LogP contribution is -2.41. The summed E-state index contributed by atoms with van der Waals surface area (Å²) in [5, 5.41) is 3.33. The van der Waals surface area contributed by atoms with Crippen molar-refractivity contribution in [2.45, 2.75) is 45.8 Å². The number of benzene rings is 1. The van der Waals surface area contributed by atoms with Crippen molar-refractivity contribution in [1.29, 1.82) is 0 Å². The number of carbonyl (C=O) groups excluding carboxylic acids is 2. The lowest BCUT2D eigenvalue weighted by atomic mass is 10.2. The average molecular weight is 303 g/mol. The normalized spacial score (nSPS) is 16.5. The van der Waals surface area contributed by atoms with Gasteiger partial charge in [0.2, 0.25) is 5.91 Å². The second-order valence-electron chi connectivity index (χ2n) is 6.09. The van der Waals surface area contributed by atoms with Crippen LogP contribution >= 0.6 is 0 Å². The van der Waals surface area contributed by atoms with Crippen molar-refractivity contribution in [3.8, 4) is 0 Å². The van der Waals surface area contributed by atoms with Gasteiger partial charge in [0, 0.05) is 38.1 Å². The zero-order valence-corrected chi connectivity index (χ0v) is 13.6. The third-order valence-electron chi connectivity index (χ3n) is 3.94. The van der Waals surface area contributed by atoms with E-state index in [2.05, 4.69) is 5.32 Å². The second kappa shape index (κ2) is 7.40. The molecule has 5 heteroatoms. The molecule has 22 heavy (non-hydrogen) atoms. The minimum Gasteiger partial charge on any atom is -0.320 e. The summed E-state index contributed by atoms with van der Waals surface area (Å²) in [5.41, 5.74) is 1.19. The summed E-state index contributed by atoms with van der Waals surface area (Å²) in [4.78, 5) is 27.6. The zero-order chi connectivity index (χ0) is 16.1. The number of urea groups is 1. The second-order valence-corrected chi connectivity index (χ2v) is 6.09. The first-order valence-electron chi connectivity index (χ1n) is 7.87. The van der Waals surface area contributed by atoms with Gasteiger partial charge in [0.05, 0.1) is 0 Å². The molecule has 0 aromatic heterocycles. The van der Waals surface area contributed by atoms with Crippen molar-refractivity contribution in [2.24, 2.45) is 0 Å². The molecule has 5 nitrogen and oxygen atoms in total. The van der Waals surface area contributed by atoms with Crippen LogP contribution in [0.3, 0.4) is 0 Å². The molecule has 1 aliphatic heterocycles. The molecule has 1 saturated heterocycles. The maximum Gasteiger partial charge on any atom is 0.327 e. The molecule has 1 aliphatic rings. The zero-order valence-electron chi connectivity index (χ0n) is 13.6. The molecule has 1 atom stereocenters. The van der Waals surface area contributed by atoms with Gasteiger partial charge in [-0.3, -0.25) is 9.69 Å². The van der Waals surface area contributed by atoms with E-state index in [4.69, 9.17) is 0 Å². The van der Waals surface area contributed by atoms with Crippen LogP contribution in [0, 0.1) is 0 Å². The lowest BCUT2D eigenvalue weighted by molar-refractivity contribution is -0.128. The molecule has 0 radical (unpaired) electrons. The maximum atomic E-state index is 12.3. The number of imide groups is 1. The van der Waals surface area contributed by atoms with E-state index in [1.54, 1.807) is 4.90 Å². The summed E-state index contributed by atoms with van der Waals surface area (Å²) in [6.45, 7) is 7.77. The average Bonchev–Trinajstić information content (AvgIpc) is 2.88. The molecule has 1 heterocycles. The van der Waals surface area contributed by atoms with Crippen molar-refractivity contribution < 1.29 is 9.59 Å². The van der Waals surface area contributed by atoms with Crippen LogP contribution in [-0.4, -0.2) is 46.9 Å². The minimum atomic E-state index is -0.157.